The molecule has 0 heterocycles. The van der Waals surface area contributed by atoms with E-state index in [2.05, 4.69) is 0 Å². The van der Waals surface area contributed by atoms with Crippen molar-refractivity contribution in [2.24, 2.45) is 0 Å². The van der Waals surface area contributed by atoms with Crippen molar-refractivity contribution in [3.63, 3.8) is 0 Å². The Hall–Kier alpha value is 0.350. The quantitative estimate of drug-likeness (QED) is 0.469. The van der Waals surface area contributed by atoms with E-state index in [0.29, 0.717) is 6.42 Å². The van der Waals surface area contributed by atoms with E-state index in [-0.39, 0.29) is 0 Å². The fourth-order valence-corrected chi connectivity index (χ4v) is 0.469. The van der Waals surface area contributed by atoms with Crippen molar-refractivity contribution in [2.45, 2.75) is 18.5 Å². The zero-order valence-electron chi connectivity index (χ0n) is 3.97. The van der Waals surface area contributed by atoms with Crippen LogP contribution in [0.4, 0.5) is 0 Å². The van der Waals surface area contributed by atoms with Gasteiger partial charge in [0.05, 0.1) is 0 Å². The maximum absolute atomic E-state index is 9.95. The first kappa shape index (κ1) is 7.35. The second-order valence-corrected chi connectivity index (χ2v) is 3.20. The Morgan fingerprint density at radius 3 is 2.43 bits per heavy atom. The summed E-state index contributed by atoms with van der Waals surface area (Å²) in [6.45, 7) is 1.76. The Labute approximate surface area is 48.4 Å². The molecule has 0 aliphatic carbocycles. The lowest BCUT2D eigenvalue weighted by Crippen LogP contribution is -1.84. The predicted molar refractivity (Wildman–Crippen MR) is 29.8 cm³/mol. The van der Waals surface area contributed by atoms with E-state index in [1.165, 1.54) is 0 Å². The molecule has 42 valence electrons. The van der Waals surface area contributed by atoms with Crippen LogP contribution < -0.4 is 0 Å². The highest BCUT2D eigenvalue weighted by Crippen LogP contribution is 2.27. The minimum Gasteiger partial charge on any atom is -0.160 e. The largest absolute Gasteiger partial charge is 0.524 e. The van der Waals surface area contributed by atoms with Gasteiger partial charge in [-0.3, -0.25) is 0 Å². The molecule has 0 aromatic rings. The van der Waals surface area contributed by atoms with Crippen LogP contribution in [0, 0.1) is 0 Å². The van der Waals surface area contributed by atoms with Gasteiger partial charge < -0.3 is 0 Å². The number of halogens is 1. The van der Waals surface area contributed by atoms with Gasteiger partial charge in [0.1, 0.15) is 0 Å². The Morgan fingerprint density at radius 1 is 2.00 bits per heavy atom. The van der Waals surface area contributed by atoms with Crippen molar-refractivity contribution in [3.8, 4) is 0 Å². The molecule has 0 fully saturated rings. The minimum atomic E-state index is -2.15. The Morgan fingerprint density at radius 2 is 2.43 bits per heavy atom. The normalized spacial score (nSPS) is 16.1. The third-order valence-electron chi connectivity index (χ3n) is 0.577. The van der Waals surface area contributed by atoms with E-state index in [9.17, 15) is 4.57 Å². The van der Waals surface area contributed by atoms with E-state index in [0.717, 1.165) is 0 Å². The molecule has 2 nitrogen and oxygen atoms in total. The van der Waals surface area contributed by atoms with Gasteiger partial charge in [0, 0.05) is 6.42 Å². The van der Waals surface area contributed by atoms with Crippen LogP contribution in [0.2, 0.25) is 0 Å². The molecule has 0 aliphatic rings. The highest BCUT2D eigenvalue weighted by atomic mass is 35.5. The standard InChI is InChI=1S/C3H6ClO2P/c1-2-3(4)7(5)6/h3H,2H2,1H3/p+1. The lowest BCUT2D eigenvalue weighted by molar-refractivity contribution is 0.498. The molecule has 7 heavy (non-hydrogen) atoms. The molecular weight excluding hydrogens is 134 g/mol. The second-order valence-electron chi connectivity index (χ2n) is 1.15. The summed E-state index contributed by atoms with van der Waals surface area (Å²) in [5.41, 5.74) is 0. The SMILES string of the molecule is CCC(Cl)[P+](=O)O. The molecular formula is C3H7ClO2P+. The van der Waals surface area contributed by atoms with Crippen molar-refractivity contribution in [1.82, 2.24) is 0 Å². The van der Waals surface area contributed by atoms with Crippen LogP contribution in [0.25, 0.3) is 0 Å². The molecule has 4 heteroatoms. The van der Waals surface area contributed by atoms with Crippen molar-refractivity contribution < 1.29 is 9.46 Å². The predicted octanol–water partition coefficient (Wildman–Crippen LogP) is 1.70. The van der Waals surface area contributed by atoms with Crippen LogP contribution in [-0.4, -0.2) is 10.0 Å². The topological polar surface area (TPSA) is 37.3 Å². The summed E-state index contributed by atoms with van der Waals surface area (Å²) in [4.78, 5) is 8.20. The van der Waals surface area contributed by atoms with Crippen LogP contribution in [0.15, 0.2) is 0 Å². The van der Waals surface area contributed by atoms with E-state index < -0.39 is 13.1 Å². The van der Waals surface area contributed by atoms with Crippen LogP contribution in [0.5, 0.6) is 0 Å². The lowest BCUT2D eigenvalue weighted by Gasteiger charge is -1.81. The fraction of sp³-hybridized carbons (Fsp3) is 1.00. The maximum atomic E-state index is 9.95. The van der Waals surface area contributed by atoms with Crippen molar-refractivity contribution in [3.05, 3.63) is 0 Å². The highest BCUT2D eigenvalue weighted by molar-refractivity contribution is 7.41. The monoisotopic (exact) mass is 141 g/mol. The summed E-state index contributed by atoms with van der Waals surface area (Å²) in [5, 5.41) is -0.560. The summed E-state index contributed by atoms with van der Waals surface area (Å²) >= 11 is 5.27. The van der Waals surface area contributed by atoms with Gasteiger partial charge in [-0.1, -0.05) is 18.5 Å². The van der Waals surface area contributed by atoms with Crippen LogP contribution in [0.3, 0.4) is 0 Å². The van der Waals surface area contributed by atoms with Gasteiger partial charge in [0.25, 0.3) is 5.12 Å². The lowest BCUT2D eigenvalue weighted by atomic mass is 10.6. The first-order valence-corrected chi connectivity index (χ1v) is 3.69. The van der Waals surface area contributed by atoms with Gasteiger partial charge in [0.15, 0.2) is 0 Å². The molecule has 0 bridgehead atoms. The fourth-order valence-electron chi connectivity index (χ4n) is 0.156. The maximum Gasteiger partial charge on any atom is 0.524 e. The molecule has 0 aliphatic heterocycles. The second kappa shape index (κ2) is 3.36. The molecule has 0 rings (SSSR count). The summed E-state index contributed by atoms with van der Waals surface area (Å²) in [5.74, 6) is 0. The number of hydrogen-bond acceptors (Lipinski definition) is 1. The Kier molecular flexibility index (Phi) is 3.53. The third-order valence-corrected chi connectivity index (χ3v) is 2.23. The summed E-state index contributed by atoms with van der Waals surface area (Å²) in [6, 6.07) is 0. The zero-order chi connectivity index (χ0) is 5.86. The van der Waals surface area contributed by atoms with Gasteiger partial charge in [-0.15, -0.1) is 0 Å². The number of hydrogen-bond donors (Lipinski definition) is 1. The summed E-state index contributed by atoms with van der Waals surface area (Å²) in [6.07, 6.45) is 0.549. The molecule has 2 unspecified atom stereocenters. The molecule has 0 saturated carbocycles. The zero-order valence-corrected chi connectivity index (χ0v) is 5.62. The van der Waals surface area contributed by atoms with Gasteiger partial charge in [-0.05, 0) is 4.57 Å². The van der Waals surface area contributed by atoms with Crippen molar-refractivity contribution >= 4 is 19.6 Å². The van der Waals surface area contributed by atoms with E-state index in [1.807, 2.05) is 0 Å². The average molecular weight is 142 g/mol. The Balaban J connectivity index is 3.34. The van der Waals surface area contributed by atoms with Crippen LogP contribution in [-0.2, 0) is 4.57 Å². The molecule has 0 saturated heterocycles. The minimum absolute atomic E-state index is 0.549. The average Bonchev–Trinajstić information content (AvgIpc) is 1.65. The molecule has 0 radical (unpaired) electrons. The molecule has 1 N–H and O–H groups in total. The number of alkyl halides is 1. The van der Waals surface area contributed by atoms with E-state index >= 15 is 0 Å². The van der Waals surface area contributed by atoms with Gasteiger partial charge in [0.2, 0.25) is 0 Å². The molecule has 0 aromatic carbocycles. The van der Waals surface area contributed by atoms with Gasteiger partial charge >= 0.3 is 8.03 Å². The summed E-state index contributed by atoms with van der Waals surface area (Å²) < 4.78 is 9.95. The first-order chi connectivity index (χ1) is 3.18. The van der Waals surface area contributed by atoms with Gasteiger partial charge in [-0.25, -0.2) is 0 Å². The first-order valence-electron chi connectivity index (χ1n) is 1.97. The Bertz CT molecular complexity index is 75.3. The summed E-state index contributed by atoms with van der Waals surface area (Å²) in [7, 11) is -2.15. The molecule has 0 spiro atoms. The highest BCUT2D eigenvalue weighted by Gasteiger charge is 2.22. The van der Waals surface area contributed by atoms with E-state index in [1.54, 1.807) is 6.92 Å². The molecule has 2 atom stereocenters. The van der Waals surface area contributed by atoms with Gasteiger partial charge in [-0.2, -0.15) is 4.89 Å². The van der Waals surface area contributed by atoms with Crippen molar-refractivity contribution in [1.29, 1.82) is 0 Å². The van der Waals surface area contributed by atoms with Crippen LogP contribution >= 0.6 is 19.6 Å². The number of rotatable bonds is 2. The molecule has 0 amide bonds. The molecule has 0 aromatic heterocycles. The van der Waals surface area contributed by atoms with Crippen molar-refractivity contribution in [2.75, 3.05) is 0 Å². The van der Waals surface area contributed by atoms with Crippen LogP contribution in [0.1, 0.15) is 13.3 Å². The smallest absolute Gasteiger partial charge is 0.160 e. The van der Waals surface area contributed by atoms with E-state index in [4.69, 9.17) is 16.5 Å². The third kappa shape index (κ3) is 2.98.